The Hall–Kier alpha value is -1.47. The fraction of sp³-hybridized carbons (Fsp3) is 0.444. The smallest absolute Gasteiger partial charge is 0.328 e. The van der Waals surface area contributed by atoms with Gasteiger partial charge in [0.25, 0.3) is 5.91 Å². The van der Waals surface area contributed by atoms with Gasteiger partial charge in [0.15, 0.2) is 6.04 Å². The molecular formula is C9H12N2O4S. The highest BCUT2D eigenvalue weighted by molar-refractivity contribution is 7.13. The lowest BCUT2D eigenvalue weighted by molar-refractivity contribution is -0.140. The van der Waals surface area contributed by atoms with Crippen molar-refractivity contribution in [3.8, 4) is 0 Å². The molecule has 3 N–H and O–H groups in total. The molecule has 1 aromatic rings. The van der Waals surface area contributed by atoms with E-state index in [1.165, 1.54) is 11.3 Å². The summed E-state index contributed by atoms with van der Waals surface area (Å²) in [5.41, 5.74) is 0.557. The first-order chi connectivity index (χ1) is 7.45. The molecule has 7 heteroatoms. The molecule has 6 nitrogen and oxygen atoms in total. The zero-order valence-electron chi connectivity index (χ0n) is 8.85. The number of aliphatic carboxylic acids is 1. The van der Waals surface area contributed by atoms with Crippen LogP contribution < -0.4 is 5.32 Å². The Morgan fingerprint density at radius 3 is 2.50 bits per heavy atom. The van der Waals surface area contributed by atoms with E-state index in [9.17, 15) is 9.59 Å². The molecule has 0 radical (unpaired) electrons. The first-order valence-electron chi connectivity index (χ1n) is 4.54. The van der Waals surface area contributed by atoms with Crippen molar-refractivity contribution < 1.29 is 19.8 Å². The lowest BCUT2D eigenvalue weighted by Gasteiger charge is -2.10. The largest absolute Gasteiger partial charge is 0.480 e. The molecule has 0 fully saturated rings. The average Bonchev–Trinajstić information content (AvgIpc) is 2.53. The molecule has 0 aliphatic carbocycles. The molecule has 0 bridgehead atoms. The van der Waals surface area contributed by atoms with E-state index >= 15 is 0 Å². The predicted molar refractivity (Wildman–Crippen MR) is 57.6 cm³/mol. The van der Waals surface area contributed by atoms with Gasteiger partial charge in [-0.05, 0) is 13.8 Å². The molecule has 1 aromatic heterocycles. The van der Waals surface area contributed by atoms with Crippen molar-refractivity contribution in [2.24, 2.45) is 0 Å². The zero-order valence-corrected chi connectivity index (χ0v) is 9.67. The molecule has 0 aliphatic rings. The van der Waals surface area contributed by atoms with Crippen LogP contribution in [0.1, 0.15) is 20.4 Å². The topological polar surface area (TPSA) is 99.5 Å². The Morgan fingerprint density at radius 2 is 2.12 bits per heavy atom. The Balaban J connectivity index is 2.79. The van der Waals surface area contributed by atoms with Crippen LogP contribution >= 0.6 is 11.3 Å². The van der Waals surface area contributed by atoms with E-state index in [2.05, 4.69) is 10.3 Å². The second-order valence-electron chi connectivity index (χ2n) is 3.19. The number of carboxylic acid groups (broad SMARTS) is 1. The second-order valence-corrected chi connectivity index (χ2v) is 4.40. The summed E-state index contributed by atoms with van der Waals surface area (Å²) in [4.78, 5) is 26.7. The van der Waals surface area contributed by atoms with Crippen LogP contribution in [0, 0.1) is 13.8 Å². The van der Waals surface area contributed by atoms with Crippen LogP contribution in [0.4, 0.5) is 0 Å². The number of nitrogens with zero attached hydrogens (tertiary/aromatic N) is 1. The molecule has 0 spiro atoms. The number of carbonyl (C=O) groups is 2. The van der Waals surface area contributed by atoms with Crippen molar-refractivity contribution in [2.75, 3.05) is 6.61 Å². The molecule has 0 saturated carbocycles. The van der Waals surface area contributed by atoms with E-state index in [0.717, 1.165) is 5.01 Å². The molecule has 88 valence electrons. The third-order valence-electron chi connectivity index (χ3n) is 1.90. The first-order valence-corrected chi connectivity index (χ1v) is 5.36. The van der Waals surface area contributed by atoms with Gasteiger partial charge >= 0.3 is 5.97 Å². The molecule has 1 amide bonds. The van der Waals surface area contributed by atoms with Gasteiger partial charge < -0.3 is 15.5 Å². The van der Waals surface area contributed by atoms with E-state index in [1.54, 1.807) is 13.8 Å². The number of hydrogen-bond donors (Lipinski definition) is 3. The fourth-order valence-electron chi connectivity index (χ4n) is 1.15. The normalized spacial score (nSPS) is 12.2. The Labute approximate surface area is 95.9 Å². The van der Waals surface area contributed by atoms with Crippen molar-refractivity contribution in [1.82, 2.24) is 10.3 Å². The quantitative estimate of drug-likeness (QED) is 0.688. The molecule has 1 atom stereocenters. The molecule has 0 aromatic carbocycles. The number of thiazole rings is 1. The van der Waals surface area contributed by atoms with E-state index in [-0.39, 0.29) is 0 Å². The third kappa shape index (κ3) is 2.77. The molecular weight excluding hydrogens is 232 g/mol. The molecule has 1 rings (SSSR count). The SMILES string of the molecule is Cc1nc(C)c(C(=O)NC(CO)C(=O)O)s1. The summed E-state index contributed by atoms with van der Waals surface area (Å²) in [7, 11) is 0. The number of carbonyl (C=O) groups excluding carboxylic acids is 1. The number of aliphatic hydroxyl groups is 1. The number of aliphatic hydroxyl groups excluding tert-OH is 1. The van der Waals surface area contributed by atoms with Gasteiger partial charge in [-0.15, -0.1) is 11.3 Å². The summed E-state index contributed by atoms with van der Waals surface area (Å²) in [5.74, 6) is -1.79. The second kappa shape index (κ2) is 5.04. The number of amides is 1. The van der Waals surface area contributed by atoms with Crippen LogP contribution in [0.5, 0.6) is 0 Å². The lowest BCUT2D eigenvalue weighted by atomic mass is 10.3. The summed E-state index contributed by atoms with van der Waals surface area (Å²) in [6.07, 6.45) is 0. The average molecular weight is 244 g/mol. The van der Waals surface area contributed by atoms with E-state index in [1.807, 2.05) is 0 Å². The van der Waals surface area contributed by atoms with Crippen molar-refractivity contribution in [1.29, 1.82) is 0 Å². The summed E-state index contributed by atoms with van der Waals surface area (Å²) in [6, 6.07) is -1.28. The molecule has 0 saturated heterocycles. The maximum atomic E-state index is 11.6. The maximum absolute atomic E-state index is 11.6. The predicted octanol–water partition coefficient (Wildman–Crippen LogP) is -0.0648. The number of aromatic nitrogens is 1. The van der Waals surface area contributed by atoms with Crippen LogP contribution in [-0.2, 0) is 4.79 Å². The van der Waals surface area contributed by atoms with E-state index in [0.29, 0.717) is 10.6 Å². The summed E-state index contributed by atoms with van der Waals surface area (Å²) < 4.78 is 0. The van der Waals surface area contributed by atoms with Gasteiger partial charge in [-0.3, -0.25) is 4.79 Å². The first kappa shape index (κ1) is 12.6. The van der Waals surface area contributed by atoms with Crippen LogP contribution in [-0.4, -0.2) is 39.7 Å². The number of hydrogen-bond acceptors (Lipinski definition) is 5. The van der Waals surface area contributed by atoms with Crippen molar-refractivity contribution in [2.45, 2.75) is 19.9 Å². The van der Waals surface area contributed by atoms with Crippen LogP contribution in [0.2, 0.25) is 0 Å². The fourth-order valence-corrected chi connectivity index (χ4v) is 1.97. The van der Waals surface area contributed by atoms with Crippen molar-refractivity contribution in [3.63, 3.8) is 0 Å². The van der Waals surface area contributed by atoms with Gasteiger partial charge in [0.2, 0.25) is 0 Å². The van der Waals surface area contributed by atoms with Crippen LogP contribution in [0.15, 0.2) is 0 Å². The minimum Gasteiger partial charge on any atom is -0.480 e. The number of rotatable bonds is 4. The lowest BCUT2D eigenvalue weighted by Crippen LogP contribution is -2.43. The highest BCUT2D eigenvalue weighted by Gasteiger charge is 2.22. The molecule has 0 aliphatic heterocycles. The number of aryl methyl sites for hydroxylation is 2. The molecule has 1 heterocycles. The molecule has 16 heavy (non-hydrogen) atoms. The van der Waals surface area contributed by atoms with Crippen LogP contribution in [0.3, 0.4) is 0 Å². The highest BCUT2D eigenvalue weighted by Crippen LogP contribution is 2.16. The zero-order chi connectivity index (χ0) is 12.3. The summed E-state index contributed by atoms with van der Waals surface area (Å²) >= 11 is 1.19. The minimum absolute atomic E-state index is 0.372. The van der Waals surface area contributed by atoms with Gasteiger partial charge in [-0.2, -0.15) is 0 Å². The number of nitrogens with one attached hydrogen (secondary N) is 1. The summed E-state index contributed by atoms with van der Waals surface area (Å²) in [6.45, 7) is 2.79. The minimum atomic E-state index is -1.28. The third-order valence-corrected chi connectivity index (χ3v) is 2.97. The van der Waals surface area contributed by atoms with E-state index < -0.39 is 24.5 Å². The van der Waals surface area contributed by atoms with Gasteiger partial charge in [-0.25, -0.2) is 9.78 Å². The summed E-state index contributed by atoms with van der Waals surface area (Å²) in [5, 5.41) is 20.4. The van der Waals surface area contributed by atoms with Crippen molar-refractivity contribution >= 4 is 23.2 Å². The van der Waals surface area contributed by atoms with Gasteiger partial charge in [0.05, 0.1) is 17.3 Å². The van der Waals surface area contributed by atoms with Gasteiger partial charge in [-0.1, -0.05) is 0 Å². The molecule has 1 unspecified atom stereocenters. The van der Waals surface area contributed by atoms with Gasteiger partial charge in [0, 0.05) is 0 Å². The van der Waals surface area contributed by atoms with Crippen molar-refractivity contribution in [3.05, 3.63) is 15.6 Å². The Morgan fingerprint density at radius 1 is 1.50 bits per heavy atom. The highest BCUT2D eigenvalue weighted by atomic mass is 32.1. The van der Waals surface area contributed by atoms with E-state index in [4.69, 9.17) is 10.2 Å². The Kier molecular flexibility index (Phi) is 3.97. The number of carboxylic acids is 1. The van der Waals surface area contributed by atoms with Crippen LogP contribution in [0.25, 0.3) is 0 Å². The van der Waals surface area contributed by atoms with Gasteiger partial charge in [0.1, 0.15) is 4.88 Å². The maximum Gasteiger partial charge on any atom is 0.328 e. The monoisotopic (exact) mass is 244 g/mol. The Bertz CT molecular complexity index is 416. The standard InChI is InChI=1S/C9H12N2O4S/c1-4-7(16-5(2)10-4)8(13)11-6(3-12)9(14)15/h6,12H,3H2,1-2H3,(H,11,13)(H,14,15).